The van der Waals surface area contributed by atoms with E-state index in [4.69, 9.17) is 4.74 Å². The minimum Gasteiger partial charge on any atom is -0.465 e. The molecule has 0 N–H and O–H groups in total. The van der Waals surface area contributed by atoms with E-state index in [-0.39, 0.29) is 24.1 Å². The van der Waals surface area contributed by atoms with Crippen molar-refractivity contribution in [1.29, 1.82) is 0 Å². The van der Waals surface area contributed by atoms with E-state index in [1.54, 1.807) is 6.92 Å². The molecule has 0 rings (SSSR count). The molecule has 3 nitrogen and oxygen atoms in total. The average Bonchev–Trinajstić information content (AvgIpc) is 2.01. The highest BCUT2D eigenvalue weighted by molar-refractivity contribution is 5.82. The van der Waals surface area contributed by atoms with E-state index in [0.29, 0.717) is 12.5 Å². The van der Waals surface area contributed by atoms with Crippen molar-refractivity contribution in [1.82, 2.24) is 0 Å². The number of hydrogen-bond acceptors (Lipinski definition) is 3. The van der Waals surface area contributed by atoms with Gasteiger partial charge in [0.1, 0.15) is 5.78 Å². The Kier molecular flexibility index (Phi) is 6.17. The fourth-order valence-corrected chi connectivity index (χ4v) is 1.05. The Labute approximate surface area is 85.8 Å². The third-order valence-corrected chi connectivity index (χ3v) is 1.94. The first-order chi connectivity index (χ1) is 6.43. The molecule has 0 spiro atoms. The molecule has 0 aromatic rings. The van der Waals surface area contributed by atoms with Crippen LogP contribution in [0.5, 0.6) is 0 Å². The number of esters is 1. The van der Waals surface area contributed by atoms with E-state index in [0.717, 1.165) is 6.42 Å². The van der Waals surface area contributed by atoms with Gasteiger partial charge in [-0.2, -0.15) is 0 Å². The summed E-state index contributed by atoms with van der Waals surface area (Å²) < 4.78 is 5.02. The zero-order chi connectivity index (χ0) is 11.1. The summed E-state index contributed by atoms with van der Waals surface area (Å²) in [5.41, 5.74) is 0. The van der Waals surface area contributed by atoms with Gasteiger partial charge in [-0.05, 0) is 19.3 Å². The summed E-state index contributed by atoms with van der Waals surface area (Å²) in [6.45, 7) is 7.81. The van der Waals surface area contributed by atoms with Crippen LogP contribution in [-0.2, 0) is 14.3 Å². The van der Waals surface area contributed by atoms with Gasteiger partial charge in [-0.3, -0.25) is 4.79 Å². The van der Waals surface area contributed by atoms with Crippen LogP contribution in [0.4, 0.5) is 0 Å². The molecule has 0 aromatic heterocycles. The molecule has 0 aromatic carbocycles. The monoisotopic (exact) mass is 200 g/mol. The van der Waals surface area contributed by atoms with Crippen LogP contribution in [-0.4, -0.2) is 18.4 Å². The summed E-state index contributed by atoms with van der Waals surface area (Å²) in [7, 11) is 0. The van der Waals surface area contributed by atoms with E-state index < -0.39 is 0 Å². The molecule has 0 saturated heterocycles. The van der Waals surface area contributed by atoms with Crippen LogP contribution in [0.1, 0.15) is 40.5 Å². The van der Waals surface area contributed by atoms with Crippen molar-refractivity contribution in [2.45, 2.75) is 40.5 Å². The molecule has 0 aliphatic heterocycles. The normalized spacial score (nSPS) is 12.6. The van der Waals surface area contributed by atoms with Gasteiger partial charge in [0.15, 0.2) is 0 Å². The fraction of sp³-hybridized carbons (Fsp3) is 0.818. The van der Waals surface area contributed by atoms with Crippen molar-refractivity contribution in [3.63, 3.8) is 0 Å². The molecule has 82 valence electrons. The number of ether oxygens (including phenoxy) is 1. The first kappa shape index (κ1) is 13.1. The number of carbonyl (C=O) groups is 2. The van der Waals surface area contributed by atoms with Gasteiger partial charge in [-0.1, -0.05) is 20.8 Å². The minimum atomic E-state index is -0.306. The number of Topliss-reactive ketones (excluding diaryl/α,β-unsaturated/α-hetero) is 1. The summed E-state index contributed by atoms with van der Waals surface area (Å²) in [6, 6.07) is 0. The molecule has 0 amide bonds. The molecular weight excluding hydrogens is 180 g/mol. The molecular formula is C11H20O3. The van der Waals surface area contributed by atoms with Gasteiger partial charge >= 0.3 is 5.97 Å². The lowest BCUT2D eigenvalue weighted by atomic mass is 10.1. The highest BCUT2D eigenvalue weighted by Crippen LogP contribution is 2.07. The fourth-order valence-electron chi connectivity index (χ4n) is 1.05. The Bertz CT molecular complexity index is 197. The lowest BCUT2D eigenvalue weighted by Gasteiger charge is -2.10. The van der Waals surface area contributed by atoms with Crippen molar-refractivity contribution in [3.8, 4) is 0 Å². The summed E-state index contributed by atoms with van der Waals surface area (Å²) in [5.74, 6) is -0.00950. The lowest BCUT2D eigenvalue weighted by molar-refractivity contribution is -0.149. The number of hydrogen-bond donors (Lipinski definition) is 0. The molecule has 0 heterocycles. The van der Waals surface area contributed by atoms with Crippen molar-refractivity contribution in [3.05, 3.63) is 0 Å². The molecule has 1 atom stereocenters. The molecule has 3 heteroatoms. The van der Waals surface area contributed by atoms with Crippen LogP contribution in [0.25, 0.3) is 0 Å². The summed E-state index contributed by atoms with van der Waals surface area (Å²) in [5, 5.41) is 0. The lowest BCUT2D eigenvalue weighted by Crippen LogP contribution is -2.18. The largest absolute Gasteiger partial charge is 0.465 e. The van der Waals surface area contributed by atoms with Crippen LogP contribution in [0, 0.1) is 11.8 Å². The predicted molar refractivity (Wildman–Crippen MR) is 54.9 cm³/mol. The van der Waals surface area contributed by atoms with E-state index >= 15 is 0 Å². The molecule has 0 radical (unpaired) electrons. The smallest absolute Gasteiger partial charge is 0.309 e. The zero-order valence-electron chi connectivity index (χ0n) is 9.50. The van der Waals surface area contributed by atoms with Gasteiger partial charge in [0.2, 0.25) is 0 Å². The Balaban J connectivity index is 3.67. The third-order valence-electron chi connectivity index (χ3n) is 1.94. The van der Waals surface area contributed by atoms with Gasteiger partial charge in [0.05, 0.1) is 12.5 Å². The van der Waals surface area contributed by atoms with Gasteiger partial charge in [-0.15, -0.1) is 0 Å². The highest BCUT2D eigenvalue weighted by atomic mass is 16.5. The summed E-state index contributed by atoms with van der Waals surface area (Å²) in [4.78, 5) is 22.0. The van der Waals surface area contributed by atoms with Crippen LogP contribution < -0.4 is 0 Å². The molecule has 0 saturated carbocycles. The molecule has 0 bridgehead atoms. The second-order valence-corrected chi connectivity index (χ2v) is 4.16. The molecule has 0 aliphatic rings. The Hall–Kier alpha value is -0.860. The maximum absolute atomic E-state index is 11.3. The Morgan fingerprint density at radius 2 is 1.79 bits per heavy atom. The molecule has 14 heavy (non-hydrogen) atoms. The first-order valence-corrected chi connectivity index (χ1v) is 5.09. The SMILES string of the molecule is CC(=O)C[C@H](C)C(=O)OCCC(C)C. The van der Waals surface area contributed by atoms with Crippen LogP contribution in [0.3, 0.4) is 0 Å². The average molecular weight is 200 g/mol. The predicted octanol–water partition coefficient (Wildman–Crippen LogP) is 2.19. The number of carbonyl (C=O) groups excluding carboxylic acids is 2. The standard InChI is InChI=1S/C11H20O3/c1-8(2)5-6-14-11(13)9(3)7-10(4)12/h8-9H,5-7H2,1-4H3/t9-/m0/s1. The topological polar surface area (TPSA) is 43.4 Å². The molecule has 0 unspecified atom stereocenters. The van der Waals surface area contributed by atoms with Crippen LogP contribution in [0.2, 0.25) is 0 Å². The zero-order valence-corrected chi connectivity index (χ0v) is 9.50. The summed E-state index contributed by atoms with van der Waals surface area (Å²) in [6.07, 6.45) is 1.15. The summed E-state index contributed by atoms with van der Waals surface area (Å²) >= 11 is 0. The maximum Gasteiger partial charge on any atom is 0.309 e. The quantitative estimate of drug-likeness (QED) is 0.617. The maximum atomic E-state index is 11.3. The van der Waals surface area contributed by atoms with Crippen molar-refractivity contribution < 1.29 is 14.3 Å². The van der Waals surface area contributed by atoms with Crippen LogP contribution >= 0.6 is 0 Å². The van der Waals surface area contributed by atoms with Gasteiger partial charge in [0.25, 0.3) is 0 Å². The van der Waals surface area contributed by atoms with Gasteiger partial charge < -0.3 is 9.53 Å². The van der Waals surface area contributed by atoms with E-state index in [2.05, 4.69) is 13.8 Å². The second kappa shape index (κ2) is 6.57. The van der Waals surface area contributed by atoms with Crippen molar-refractivity contribution >= 4 is 11.8 Å². The van der Waals surface area contributed by atoms with E-state index in [1.165, 1.54) is 6.92 Å². The number of rotatable bonds is 6. The number of ketones is 1. The molecule has 0 fully saturated rings. The van der Waals surface area contributed by atoms with E-state index in [1.807, 2.05) is 0 Å². The Morgan fingerprint density at radius 3 is 2.21 bits per heavy atom. The van der Waals surface area contributed by atoms with Crippen LogP contribution in [0.15, 0.2) is 0 Å². The van der Waals surface area contributed by atoms with Crippen molar-refractivity contribution in [2.24, 2.45) is 11.8 Å². The minimum absolute atomic E-state index is 0.0262. The van der Waals surface area contributed by atoms with Crippen molar-refractivity contribution in [2.75, 3.05) is 6.61 Å². The highest BCUT2D eigenvalue weighted by Gasteiger charge is 2.15. The van der Waals surface area contributed by atoms with E-state index in [9.17, 15) is 9.59 Å². The van der Waals surface area contributed by atoms with Gasteiger partial charge in [-0.25, -0.2) is 0 Å². The second-order valence-electron chi connectivity index (χ2n) is 4.16. The molecule has 0 aliphatic carbocycles. The van der Waals surface area contributed by atoms with Gasteiger partial charge in [0, 0.05) is 6.42 Å². The third kappa shape index (κ3) is 6.63. The Morgan fingerprint density at radius 1 is 1.21 bits per heavy atom. The first-order valence-electron chi connectivity index (χ1n) is 5.09.